The molecule has 0 spiro atoms. The summed E-state index contributed by atoms with van der Waals surface area (Å²) in [6.07, 6.45) is 1.09. The van der Waals surface area contributed by atoms with Gasteiger partial charge in [-0.2, -0.15) is 18.3 Å². The molecule has 1 aliphatic carbocycles. The summed E-state index contributed by atoms with van der Waals surface area (Å²) in [5.41, 5.74) is -1.64. The van der Waals surface area contributed by atoms with Gasteiger partial charge in [-0.25, -0.2) is 0 Å². The van der Waals surface area contributed by atoms with E-state index in [1.807, 2.05) is 0 Å². The molecule has 1 aliphatic heterocycles. The van der Waals surface area contributed by atoms with Crippen LogP contribution in [0.4, 0.5) is 19.0 Å². The van der Waals surface area contributed by atoms with Crippen molar-refractivity contribution < 1.29 is 32.3 Å². The van der Waals surface area contributed by atoms with Crippen molar-refractivity contribution in [1.29, 1.82) is 0 Å². The second-order valence-corrected chi connectivity index (χ2v) is 10.6. The Bertz CT molecular complexity index is 1180. The predicted octanol–water partition coefficient (Wildman–Crippen LogP) is 4.79. The van der Waals surface area contributed by atoms with Gasteiger partial charge in [0.2, 0.25) is 5.91 Å². The summed E-state index contributed by atoms with van der Waals surface area (Å²) in [6.45, 7) is 4.81. The van der Waals surface area contributed by atoms with Crippen LogP contribution in [0.3, 0.4) is 0 Å². The molecule has 0 radical (unpaired) electrons. The first-order valence-corrected chi connectivity index (χ1v) is 12.4. The van der Waals surface area contributed by atoms with Crippen LogP contribution in [0.1, 0.15) is 74.4 Å². The average molecular weight is 521 g/mol. The third kappa shape index (κ3) is 6.31. The molecule has 200 valence electrons. The number of hydrogen-bond acceptors (Lipinski definition) is 5. The monoisotopic (exact) mass is 520 g/mol. The van der Waals surface area contributed by atoms with Crippen LogP contribution in [0.15, 0.2) is 30.5 Å². The third-order valence-electron chi connectivity index (χ3n) is 6.61. The van der Waals surface area contributed by atoms with Gasteiger partial charge >= 0.3 is 12.1 Å². The highest BCUT2D eigenvalue weighted by molar-refractivity contribution is 6.03. The Balaban J connectivity index is 1.52. The van der Waals surface area contributed by atoms with E-state index in [1.165, 1.54) is 34.0 Å². The summed E-state index contributed by atoms with van der Waals surface area (Å²) in [5.74, 6) is -1.24. The smallest absolute Gasteiger partial charge is 0.416 e. The van der Waals surface area contributed by atoms with E-state index in [-0.39, 0.29) is 36.0 Å². The van der Waals surface area contributed by atoms with Crippen LogP contribution < -0.4 is 5.32 Å². The number of nitrogens with one attached hydrogen (secondary N) is 1. The molecular formula is C26H31F3N4O4. The number of fused-ring (bicyclic) bond motifs is 1. The zero-order valence-corrected chi connectivity index (χ0v) is 21.1. The largest absolute Gasteiger partial charge is 0.459 e. The highest BCUT2D eigenvalue weighted by Crippen LogP contribution is 2.39. The van der Waals surface area contributed by atoms with Crippen LogP contribution in [-0.4, -0.2) is 44.1 Å². The quantitative estimate of drug-likeness (QED) is 0.530. The van der Waals surface area contributed by atoms with E-state index in [9.17, 15) is 27.6 Å². The lowest BCUT2D eigenvalue weighted by Gasteiger charge is -2.29. The third-order valence-corrected chi connectivity index (χ3v) is 6.61. The molecule has 2 heterocycles. The van der Waals surface area contributed by atoms with Crippen molar-refractivity contribution in [3.05, 3.63) is 47.2 Å². The number of ether oxygens (including phenoxy) is 1. The zero-order valence-electron chi connectivity index (χ0n) is 21.1. The molecule has 2 aliphatic rings. The fourth-order valence-corrected chi connectivity index (χ4v) is 5.04. The molecule has 0 saturated heterocycles. The number of carbonyl (C=O) groups excluding carboxylic acids is 3. The molecule has 1 atom stereocenters. The lowest BCUT2D eigenvalue weighted by molar-refractivity contribution is -0.155. The van der Waals surface area contributed by atoms with Gasteiger partial charge in [-0.1, -0.05) is 31.7 Å². The van der Waals surface area contributed by atoms with E-state index in [2.05, 4.69) is 10.4 Å². The highest BCUT2D eigenvalue weighted by atomic mass is 19.4. The maximum atomic E-state index is 13.6. The van der Waals surface area contributed by atoms with Gasteiger partial charge in [0.15, 0.2) is 5.82 Å². The Labute approximate surface area is 213 Å². The number of nitrogens with zero attached hydrogens (tertiary/aromatic N) is 3. The SMILES string of the molecule is CC(C)(C)OC(=O)Cn1ccc(NC(=O)[C@H](CC2CCCC2)N2Cc3c(cccc3C(F)(F)F)C2=O)n1. The first kappa shape index (κ1) is 26.7. The Morgan fingerprint density at radius 1 is 1.16 bits per heavy atom. The van der Waals surface area contributed by atoms with Gasteiger partial charge in [0.25, 0.3) is 5.91 Å². The molecule has 37 heavy (non-hydrogen) atoms. The van der Waals surface area contributed by atoms with Crippen molar-refractivity contribution in [3.63, 3.8) is 0 Å². The Morgan fingerprint density at radius 3 is 2.51 bits per heavy atom. The molecule has 1 N–H and O–H groups in total. The Kier molecular flexibility index (Phi) is 7.34. The van der Waals surface area contributed by atoms with Gasteiger partial charge in [-0.15, -0.1) is 0 Å². The fourth-order valence-electron chi connectivity index (χ4n) is 5.04. The van der Waals surface area contributed by atoms with E-state index in [0.29, 0.717) is 6.42 Å². The molecule has 11 heteroatoms. The summed E-state index contributed by atoms with van der Waals surface area (Å²) in [4.78, 5) is 39.9. The molecular weight excluding hydrogens is 489 g/mol. The van der Waals surface area contributed by atoms with Gasteiger partial charge < -0.3 is 15.0 Å². The molecule has 8 nitrogen and oxygen atoms in total. The maximum absolute atomic E-state index is 13.6. The van der Waals surface area contributed by atoms with Crippen LogP contribution >= 0.6 is 0 Å². The number of anilines is 1. The minimum atomic E-state index is -4.61. The van der Waals surface area contributed by atoms with Crippen LogP contribution in [0.2, 0.25) is 0 Å². The summed E-state index contributed by atoms with van der Waals surface area (Å²) < 4.78 is 47.4. The molecule has 1 saturated carbocycles. The number of aromatic nitrogens is 2. The van der Waals surface area contributed by atoms with E-state index in [0.717, 1.165) is 31.7 Å². The second kappa shape index (κ2) is 10.2. The number of halogens is 3. The highest BCUT2D eigenvalue weighted by Gasteiger charge is 2.43. The van der Waals surface area contributed by atoms with Gasteiger partial charge in [0.1, 0.15) is 18.2 Å². The Morgan fingerprint density at radius 2 is 1.86 bits per heavy atom. The van der Waals surface area contributed by atoms with Crippen molar-refractivity contribution in [2.45, 2.75) is 83.8 Å². The van der Waals surface area contributed by atoms with Crippen LogP contribution in [-0.2, 0) is 33.6 Å². The van der Waals surface area contributed by atoms with Crippen LogP contribution in [0.5, 0.6) is 0 Å². The fraction of sp³-hybridized carbons (Fsp3) is 0.538. The molecule has 0 bridgehead atoms. The van der Waals surface area contributed by atoms with Crippen molar-refractivity contribution in [3.8, 4) is 0 Å². The second-order valence-electron chi connectivity index (χ2n) is 10.6. The van der Waals surface area contributed by atoms with E-state index < -0.39 is 41.2 Å². The van der Waals surface area contributed by atoms with Crippen molar-refractivity contribution in [1.82, 2.24) is 14.7 Å². The first-order chi connectivity index (χ1) is 17.3. The van der Waals surface area contributed by atoms with Crippen molar-refractivity contribution >= 4 is 23.6 Å². The minimum absolute atomic E-state index is 0.0271. The Hall–Kier alpha value is -3.37. The van der Waals surface area contributed by atoms with Gasteiger partial charge in [-0.3, -0.25) is 19.1 Å². The summed E-state index contributed by atoms with van der Waals surface area (Å²) >= 11 is 0. The van der Waals surface area contributed by atoms with E-state index >= 15 is 0 Å². The van der Waals surface area contributed by atoms with Gasteiger partial charge in [0.05, 0.1) is 5.56 Å². The van der Waals surface area contributed by atoms with Crippen LogP contribution in [0, 0.1) is 5.92 Å². The standard InChI is InChI=1S/C26H31F3N4O4/c1-25(2,3)37-22(34)15-32-12-11-21(31-32)30-23(35)20(13-16-7-4-5-8-16)33-14-18-17(24(33)36)9-6-10-19(18)26(27,28)29/h6,9-12,16,20H,4-5,7-8,13-15H2,1-3H3,(H,30,31,35)/t20-/m0/s1. The lowest BCUT2D eigenvalue weighted by atomic mass is 9.96. The van der Waals surface area contributed by atoms with Crippen molar-refractivity contribution in [2.24, 2.45) is 5.92 Å². The summed E-state index contributed by atoms with van der Waals surface area (Å²) in [7, 11) is 0. The number of esters is 1. The minimum Gasteiger partial charge on any atom is -0.459 e. The molecule has 0 unspecified atom stereocenters. The molecule has 1 aromatic carbocycles. The normalized spacial score (nSPS) is 17.1. The average Bonchev–Trinajstić information content (AvgIpc) is 3.51. The number of amides is 2. The predicted molar refractivity (Wildman–Crippen MR) is 128 cm³/mol. The first-order valence-electron chi connectivity index (χ1n) is 12.4. The number of hydrogen-bond donors (Lipinski definition) is 1. The number of benzene rings is 1. The number of alkyl halides is 3. The van der Waals surface area contributed by atoms with Crippen LogP contribution in [0.25, 0.3) is 0 Å². The summed E-state index contributed by atoms with van der Waals surface area (Å²) in [6, 6.07) is 4.10. The molecule has 4 rings (SSSR count). The lowest BCUT2D eigenvalue weighted by Crippen LogP contribution is -2.45. The molecule has 2 amide bonds. The molecule has 2 aromatic rings. The maximum Gasteiger partial charge on any atom is 0.416 e. The topological polar surface area (TPSA) is 93.5 Å². The number of carbonyl (C=O) groups is 3. The van der Waals surface area contributed by atoms with Gasteiger partial charge in [-0.05, 0) is 50.8 Å². The zero-order chi connectivity index (χ0) is 27.0. The summed E-state index contributed by atoms with van der Waals surface area (Å²) in [5, 5.41) is 6.89. The van der Waals surface area contributed by atoms with Crippen molar-refractivity contribution in [2.75, 3.05) is 5.32 Å². The van der Waals surface area contributed by atoms with Gasteiger partial charge in [0, 0.05) is 24.4 Å². The number of rotatable bonds is 7. The van der Waals surface area contributed by atoms with E-state index in [4.69, 9.17) is 4.74 Å². The molecule has 1 fully saturated rings. The molecule has 1 aromatic heterocycles. The van der Waals surface area contributed by atoms with E-state index in [1.54, 1.807) is 20.8 Å².